The van der Waals surface area contributed by atoms with Crippen molar-refractivity contribution in [3.05, 3.63) is 12.7 Å². The lowest BCUT2D eigenvalue weighted by molar-refractivity contribution is -0.0976. The van der Waals surface area contributed by atoms with Crippen LogP contribution >= 0.6 is 0 Å². The third kappa shape index (κ3) is 3.17. The summed E-state index contributed by atoms with van der Waals surface area (Å²) in [5.41, 5.74) is 8.34. The Morgan fingerprint density at radius 3 is 2.39 bits per heavy atom. The van der Waals surface area contributed by atoms with E-state index in [9.17, 15) is 10.2 Å². The summed E-state index contributed by atoms with van der Waals surface area (Å²) >= 11 is 0. The highest BCUT2D eigenvalue weighted by atomic mass is 28.3. The topological polar surface area (TPSA) is 66.5 Å². The zero-order valence-corrected chi connectivity index (χ0v) is 16.4. The first-order valence-electron chi connectivity index (χ1n) is 8.69. The molecule has 2 rings (SSSR count). The summed E-state index contributed by atoms with van der Waals surface area (Å²) in [7, 11) is -1.62. The lowest BCUT2D eigenvalue weighted by Crippen LogP contribution is -2.56. The van der Waals surface area contributed by atoms with Crippen LogP contribution in [0, 0.1) is 40.6 Å². The van der Waals surface area contributed by atoms with Crippen molar-refractivity contribution in [1.29, 1.82) is 0 Å². The average molecular weight is 336 g/mol. The van der Waals surface area contributed by atoms with E-state index in [4.69, 9.17) is 5.73 Å². The standard InChI is InChI=1S/C19H33NO2Si/c1-8-14(20)17(21)16-15-13(18(15,3)4)11-12(2)19(16,22)9-10-23(5,6)7/h8,12-17,21-22H,1,11,20H2,2-7H3/t12-,13-,14-,15-,16-,17-,19-/m1/s1. The van der Waals surface area contributed by atoms with Crippen LogP contribution in [0.5, 0.6) is 0 Å². The molecule has 2 aliphatic rings. The first-order chi connectivity index (χ1) is 10.4. The maximum atomic E-state index is 11.5. The van der Waals surface area contributed by atoms with Crippen molar-refractivity contribution in [2.75, 3.05) is 0 Å². The fourth-order valence-electron chi connectivity index (χ4n) is 4.46. The van der Waals surface area contributed by atoms with E-state index in [2.05, 4.69) is 58.5 Å². The molecule has 0 amide bonds. The maximum Gasteiger partial charge on any atom is 0.133 e. The van der Waals surface area contributed by atoms with Crippen molar-refractivity contribution in [3.63, 3.8) is 0 Å². The van der Waals surface area contributed by atoms with Gasteiger partial charge >= 0.3 is 0 Å². The summed E-state index contributed by atoms with van der Waals surface area (Å²) in [6.45, 7) is 16.7. The van der Waals surface area contributed by atoms with Crippen LogP contribution in [0.4, 0.5) is 0 Å². The van der Waals surface area contributed by atoms with E-state index in [1.807, 2.05) is 0 Å². The third-order valence-electron chi connectivity index (χ3n) is 6.07. The number of fused-ring (bicyclic) bond motifs is 1. The summed E-state index contributed by atoms with van der Waals surface area (Å²) in [6, 6.07) is -0.539. The van der Waals surface area contributed by atoms with Crippen molar-refractivity contribution in [1.82, 2.24) is 0 Å². The van der Waals surface area contributed by atoms with Crippen molar-refractivity contribution >= 4 is 8.07 Å². The van der Waals surface area contributed by atoms with Gasteiger partial charge in [0.1, 0.15) is 13.7 Å². The molecule has 0 saturated heterocycles. The van der Waals surface area contributed by atoms with Crippen LogP contribution in [-0.2, 0) is 0 Å². The Bertz CT molecular complexity index is 542. The van der Waals surface area contributed by atoms with Gasteiger partial charge in [0.2, 0.25) is 0 Å². The van der Waals surface area contributed by atoms with Crippen LogP contribution < -0.4 is 5.73 Å². The second kappa shape index (κ2) is 5.74. The Kier molecular flexibility index (Phi) is 4.67. The minimum Gasteiger partial charge on any atom is -0.391 e. The Balaban J connectivity index is 2.47. The van der Waals surface area contributed by atoms with Gasteiger partial charge in [-0.05, 0) is 29.6 Å². The second-order valence-electron chi connectivity index (χ2n) is 9.25. The van der Waals surface area contributed by atoms with Crippen molar-refractivity contribution < 1.29 is 10.2 Å². The van der Waals surface area contributed by atoms with E-state index >= 15 is 0 Å². The number of aliphatic hydroxyl groups is 2. The van der Waals surface area contributed by atoms with E-state index < -0.39 is 25.8 Å². The van der Waals surface area contributed by atoms with Gasteiger partial charge in [0.15, 0.2) is 0 Å². The predicted molar refractivity (Wildman–Crippen MR) is 98.3 cm³/mol. The Hall–Kier alpha value is -0.603. The molecule has 0 aromatic heterocycles. The number of nitrogens with two attached hydrogens (primary N) is 1. The van der Waals surface area contributed by atoms with Gasteiger partial charge in [0.05, 0.1) is 6.10 Å². The Morgan fingerprint density at radius 2 is 1.91 bits per heavy atom. The van der Waals surface area contributed by atoms with E-state index in [1.165, 1.54) is 0 Å². The molecular formula is C19H33NO2Si. The summed E-state index contributed by atoms with van der Waals surface area (Å²) in [5, 5.41) is 22.3. The van der Waals surface area contributed by atoms with Gasteiger partial charge in [-0.3, -0.25) is 0 Å². The molecule has 0 spiro atoms. The van der Waals surface area contributed by atoms with Crippen molar-refractivity contribution in [2.24, 2.45) is 34.8 Å². The van der Waals surface area contributed by atoms with Gasteiger partial charge < -0.3 is 15.9 Å². The molecule has 0 radical (unpaired) electrons. The van der Waals surface area contributed by atoms with E-state index in [0.717, 1.165) is 6.42 Å². The molecule has 2 aliphatic carbocycles. The van der Waals surface area contributed by atoms with E-state index in [0.29, 0.717) is 5.92 Å². The number of rotatable bonds is 3. The molecule has 0 unspecified atom stereocenters. The molecule has 3 nitrogen and oxygen atoms in total. The molecule has 4 heteroatoms. The zero-order valence-electron chi connectivity index (χ0n) is 15.4. The summed E-state index contributed by atoms with van der Waals surface area (Å²) in [4.78, 5) is 0. The van der Waals surface area contributed by atoms with Crippen LogP contribution in [0.25, 0.3) is 0 Å². The fraction of sp³-hybridized carbons (Fsp3) is 0.789. The van der Waals surface area contributed by atoms with Gasteiger partial charge in [-0.15, -0.1) is 12.1 Å². The van der Waals surface area contributed by atoms with Gasteiger partial charge in [-0.2, -0.15) is 0 Å². The van der Waals surface area contributed by atoms with Gasteiger partial charge in [0.25, 0.3) is 0 Å². The monoisotopic (exact) mass is 335 g/mol. The maximum absolute atomic E-state index is 11.5. The Labute approximate surface area is 142 Å². The molecule has 23 heavy (non-hydrogen) atoms. The largest absolute Gasteiger partial charge is 0.391 e. The minimum absolute atomic E-state index is 0.0334. The molecular weight excluding hydrogens is 302 g/mol. The molecule has 0 bridgehead atoms. The van der Waals surface area contributed by atoms with Crippen molar-refractivity contribution in [3.8, 4) is 11.5 Å². The summed E-state index contributed by atoms with van der Waals surface area (Å²) in [5.74, 6) is 3.72. The zero-order chi connectivity index (χ0) is 17.8. The second-order valence-corrected chi connectivity index (χ2v) is 14.0. The van der Waals surface area contributed by atoms with Gasteiger partial charge in [-0.1, -0.05) is 52.4 Å². The molecule has 4 N–H and O–H groups in total. The van der Waals surface area contributed by atoms with Crippen LogP contribution in [0.3, 0.4) is 0 Å². The molecule has 0 heterocycles. The summed E-state index contributed by atoms with van der Waals surface area (Å²) < 4.78 is 0. The molecule has 130 valence electrons. The highest BCUT2D eigenvalue weighted by molar-refractivity contribution is 6.83. The quantitative estimate of drug-likeness (QED) is 0.421. The average Bonchev–Trinajstić information content (AvgIpc) is 2.96. The first-order valence-corrected chi connectivity index (χ1v) is 12.2. The molecule has 0 aromatic carbocycles. The normalized spacial score (nSPS) is 41.1. The molecule has 2 saturated carbocycles. The van der Waals surface area contributed by atoms with E-state index in [1.54, 1.807) is 6.08 Å². The predicted octanol–water partition coefficient (Wildman–Crippen LogP) is 2.40. The first kappa shape index (κ1) is 18.7. The van der Waals surface area contributed by atoms with Gasteiger partial charge in [-0.25, -0.2) is 0 Å². The van der Waals surface area contributed by atoms with Crippen LogP contribution in [-0.4, -0.2) is 36.0 Å². The molecule has 7 atom stereocenters. The van der Waals surface area contributed by atoms with Crippen LogP contribution in [0.15, 0.2) is 12.7 Å². The van der Waals surface area contributed by atoms with Gasteiger partial charge in [0, 0.05) is 12.0 Å². The molecule has 0 aliphatic heterocycles. The highest BCUT2D eigenvalue weighted by Crippen LogP contribution is 2.70. The van der Waals surface area contributed by atoms with Crippen LogP contribution in [0.1, 0.15) is 27.2 Å². The third-order valence-corrected chi connectivity index (χ3v) is 6.94. The SMILES string of the molecule is C=C[C@@H](N)[C@@H](O)[C@H]1[C@H]2[C@@H](C[C@@H](C)[C@]1(O)C#C[Si](C)(C)C)C2(C)C. The summed E-state index contributed by atoms with van der Waals surface area (Å²) in [6.07, 6.45) is 1.72. The number of aliphatic hydroxyl groups excluding tert-OH is 1. The highest BCUT2D eigenvalue weighted by Gasteiger charge is 2.70. The Morgan fingerprint density at radius 1 is 1.35 bits per heavy atom. The van der Waals surface area contributed by atoms with E-state index in [-0.39, 0.29) is 23.2 Å². The van der Waals surface area contributed by atoms with Crippen molar-refractivity contribution in [2.45, 2.75) is 64.6 Å². The van der Waals surface area contributed by atoms with Crippen LogP contribution in [0.2, 0.25) is 19.6 Å². The number of hydrogen-bond acceptors (Lipinski definition) is 3. The lowest BCUT2D eigenvalue weighted by atomic mass is 9.66. The smallest absolute Gasteiger partial charge is 0.133 e. The molecule has 2 fully saturated rings. The lowest BCUT2D eigenvalue weighted by Gasteiger charge is -2.44. The minimum atomic E-state index is -1.62. The fourth-order valence-corrected chi connectivity index (χ4v) is 5.03. The molecule has 0 aromatic rings. The number of hydrogen-bond donors (Lipinski definition) is 3.